The highest BCUT2D eigenvalue weighted by Gasteiger charge is 2.08. The van der Waals surface area contributed by atoms with Gasteiger partial charge in [0.1, 0.15) is 12.0 Å². The van der Waals surface area contributed by atoms with Crippen LogP contribution in [0.25, 0.3) is 0 Å². The minimum Gasteiger partial charge on any atom is -0.370 e. The molecule has 1 saturated heterocycles. The van der Waals surface area contributed by atoms with Gasteiger partial charge in [-0.05, 0) is 19.0 Å². The Bertz CT molecular complexity index is 403. The monoisotopic (exact) mass is 265 g/mol. The van der Waals surface area contributed by atoms with Crippen LogP contribution in [0.2, 0.25) is 0 Å². The normalized spacial score (nSPS) is 16.2. The second-order valence-corrected chi connectivity index (χ2v) is 4.53. The van der Waals surface area contributed by atoms with Gasteiger partial charge >= 0.3 is 0 Å². The van der Waals surface area contributed by atoms with Crippen molar-refractivity contribution in [3.63, 3.8) is 0 Å². The first kappa shape index (κ1) is 13.7. The van der Waals surface area contributed by atoms with Gasteiger partial charge < -0.3 is 15.5 Å². The Morgan fingerprint density at radius 2 is 2.21 bits per heavy atom. The largest absolute Gasteiger partial charge is 0.370 e. The van der Waals surface area contributed by atoms with Crippen LogP contribution in [-0.2, 0) is 0 Å². The van der Waals surface area contributed by atoms with Crippen LogP contribution in [0.5, 0.6) is 0 Å². The maximum atomic E-state index is 10.5. The summed E-state index contributed by atoms with van der Waals surface area (Å²) >= 11 is 0. The highest BCUT2D eigenvalue weighted by atomic mass is 16.6. The highest BCUT2D eigenvalue weighted by Crippen LogP contribution is 2.11. The number of piperazine rings is 1. The first-order chi connectivity index (χ1) is 9.25. The van der Waals surface area contributed by atoms with E-state index in [4.69, 9.17) is 0 Å². The molecule has 19 heavy (non-hydrogen) atoms. The summed E-state index contributed by atoms with van der Waals surface area (Å²) in [6.07, 6.45) is 2.32. The summed E-state index contributed by atoms with van der Waals surface area (Å²) < 4.78 is 0. The number of nitro groups is 1. The van der Waals surface area contributed by atoms with E-state index >= 15 is 0 Å². The van der Waals surface area contributed by atoms with E-state index in [9.17, 15) is 10.1 Å². The molecule has 0 bridgehead atoms. The zero-order chi connectivity index (χ0) is 13.5. The maximum absolute atomic E-state index is 10.5. The molecule has 1 aromatic rings. The number of pyridine rings is 1. The van der Waals surface area contributed by atoms with Gasteiger partial charge in [0.2, 0.25) is 0 Å². The SMILES string of the molecule is O=[N+]([O-])c1ccc(NCCCN2CCNCC2)nc1. The number of hydrogen-bond acceptors (Lipinski definition) is 6. The Kier molecular flexibility index (Phi) is 5.05. The maximum Gasteiger partial charge on any atom is 0.287 e. The lowest BCUT2D eigenvalue weighted by molar-refractivity contribution is -0.385. The van der Waals surface area contributed by atoms with Crippen LogP contribution >= 0.6 is 0 Å². The Balaban J connectivity index is 1.66. The van der Waals surface area contributed by atoms with Gasteiger partial charge in [0.15, 0.2) is 0 Å². The van der Waals surface area contributed by atoms with Crippen molar-refractivity contribution in [2.24, 2.45) is 0 Å². The second-order valence-electron chi connectivity index (χ2n) is 4.53. The summed E-state index contributed by atoms with van der Waals surface area (Å²) in [4.78, 5) is 16.5. The average Bonchev–Trinajstić information content (AvgIpc) is 2.45. The molecule has 1 aliphatic rings. The minimum atomic E-state index is -0.443. The number of hydrogen-bond donors (Lipinski definition) is 2. The molecule has 7 heteroatoms. The van der Waals surface area contributed by atoms with Crippen LogP contribution < -0.4 is 10.6 Å². The van der Waals surface area contributed by atoms with Gasteiger partial charge in [-0.3, -0.25) is 10.1 Å². The molecule has 0 saturated carbocycles. The lowest BCUT2D eigenvalue weighted by atomic mass is 10.3. The average molecular weight is 265 g/mol. The van der Waals surface area contributed by atoms with Crippen molar-refractivity contribution < 1.29 is 4.92 Å². The number of anilines is 1. The third-order valence-electron chi connectivity index (χ3n) is 3.13. The minimum absolute atomic E-state index is 0.0198. The number of nitrogens with one attached hydrogen (secondary N) is 2. The smallest absolute Gasteiger partial charge is 0.287 e. The molecular formula is C12H19N5O2. The van der Waals surface area contributed by atoms with Crippen LogP contribution in [0, 0.1) is 10.1 Å². The van der Waals surface area contributed by atoms with Crippen molar-refractivity contribution >= 4 is 11.5 Å². The molecule has 1 aliphatic heterocycles. The van der Waals surface area contributed by atoms with E-state index in [1.807, 2.05) is 0 Å². The fourth-order valence-electron chi connectivity index (χ4n) is 2.05. The van der Waals surface area contributed by atoms with Crippen LogP contribution in [0.4, 0.5) is 11.5 Å². The molecule has 104 valence electrons. The van der Waals surface area contributed by atoms with Crippen molar-refractivity contribution in [2.45, 2.75) is 6.42 Å². The summed E-state index contributed by atoms with van der Waals surface area (Å²) in [6, 6.07) is 3.11. The highest BCUT2D eigenvalue weighted by molar-refractivity contribution is 5.39. The van der Waals surface area contributed by atoms with Gasteiger partial charge in [-0.2, -0.15) is 0 Å². The summed E-state index contributed by atoms with van der Waals surface area (Å²) in [5, 5.41) is 17.0. The zero-order valence-electron chi connectivity index (χ0n) is 10.8. The van der Waals surface area contributed by atoms with Crippen molar-refractivity contribution in [2.75, 3.05) is 44.6 Å². The van der Waals surface area contributed by atoms with E-state index in [1.165, 1.54) is 12.3 Å². The quantitative estimate of drug-likeness (QED) is 0.447. The summed E-state index contributed by atoms with van der Waals surface area (Å²) in [5.74, 6) is 0.686. The Morgan fingerprint density at radius 1 is 1.42 bits per heavy atom. The lowest BCUT2D eigenvalue weighted by Gasteiger charge is -2.27. The Labute approximate surface area is 112 Å². The third kappa shape index (κ3) is 4.46. The van der Waals surface area contributed by atoms with E-state index in [0.29, 0.717) is 5.82 Å². The van der Waals surface area contributed by atoms with Crippen molar-refractivity contribution in [1.82, 2.24) is 15.2 Å². The molecule has 0 atom stereocenters. The zero-order valence-corrected chi connectivity index (χ0v) is 10.8. The lowest BCUT2D eigenvalue weighted by Crippen LogP contribution is -2.44. The van der Waals surface area contributed by atoms with Crippen molar-refractivity contribution in [1.29, 1.82) is 0 Å². The van der Waals surface area contributed by atoms with Crippen LogP contribution in [0.3, 0.4) is 0 Å². The fourth-order valence-corrected chi connectivity index (χ4v) is 2.05. The summed E-state index contributed by atoms with van der Waals surface area (Å²) in [7, 11) is 0. The topological polar surface area (TPSA) is 83.3 Å². The fraction of sp³-hybridized carbons (Fsp3) is 0.583. The molecule has 0 aromatic carbocycles. The Hall–Kier alpha value is -1.73. The van der Waals surface area contributed by atoms with E-state index in [-0.39, 0.29) is 5.69 Å². The van der Waals surface area contributed by atoms with E-state index in [0.717, 1.165) is 45.7 Å². The molecule has 0 aliphatic carbocycles. The van der Waals surface area contributed by atoms with E-state index in [1.54, 1.807) is 6.07 Å². The molecule has 1 fully saturated rings. The molecule has 0 radical (unpaired) electrons. The molecule has 2 heterocycles. The van der Waals surface area contributed by atoms with Gasteiger partial charge in [0.25, 0.3) is 5.69 Å². The standard InChI is InChI=1S/C12H19N5O2/c18-17(19)11-2-3-12(15-10-11)14-4-1-7-16-8-5-13-6-9-16/h2-3,10,13H,1,4-9H2,(H,14,15). The molecule has 2 N–H and O–H groups in total. The van der Waals surface area contributed by atoms with Crippen LogP contribution in [0.1, 0.15) is 6.42 Å². The Morgan fingerprint density at radius 3 is 2.84 bits per heavy atom. The van der Waals surface area contributed by atoms with Gasteiger partial charge in [-0.15, -0.1) is 0 Å². The van der Waals surface area contributed by atoms with Crippen molar-refractivity contribution in [3.8, 4) is 0 Å². The van der Waals surface area contributed by atoms with Gasteiger partial charge in [-0.1, -0.05) is 0 Å². The van der Waals surface area contributed by atoms with Gasteiger partial charge in [-0.25, -0.2) is 4.98 Å². The van der Waals surface area contributed by atoms with E-state index < -0.39 is 4.92 Å². The predicted molar refractivity (Wildman–Crippen MR) is 73.3 cm³/mol. The first-order valence-electron chi connectivity index (χ1n) is 6.53. The summed E-state index contributed by atoms with van der Waals surface area (Å²) in [5.41, 5.74) is 0.0198. The molecular weight excluding hydrogens is 246 g/mol. The van der Waals surface area contributed by atoms with Gasteiger partial charge in [0, 0.05) is 38.8 Å². The van der Waals surface area contributed by atoms with Gasteiger partial charge in [0.05, 0.1) is 4.92 Å². The molecule has 0 amide bonds. The molecule has 2 rings (SSSR count). The van der Waals surface area contributed by atoms with Crippen LogP contribution in [-0.4, -0.2) is 54.1 Å². The number of rotatable bonds is 6. The number of aromatic nitrogens is 1. The molecule has 0 spiro atoms. The first-order valence-corrected chi connectivity index (χ1v) is 6.53. The van der Waals surface area contributed by atoms with E-state index in [2.05, 4.69) is 20.5 Å². The third-order valence-corrected chi connectivity index (χ3v) is 3.13. The molecule has 1 aromatic heterocycles. The van der Waals surface area contributed by atoms with Crippen LogP contribution in [0.15, 0.2) is 18.3 Å². The second kappa shape index (κ2) is 7.01. The van der Waals surface area contributed by atoms with Crippen molar-refractivity contribution in [3.05, 3.63) is 28.4 Å². The molecule has 0 unspecified atom stereocenters. The predicted octanol–water partition coefficient (Wildman–Crippen LogP) is 0.697. The summed E-state index contributed by atoms with van der Waals surface area (Å²) in [6.45, 7) is 6.25. The number of nitrogens with zero attached hydrogens (tertiary/aromatic N) is 3. The molecule has 7 nitrogen and oxygen atoms in total.